The molecule has 0 radical (unpaired) electrons. The van der Waals surface area contributed by atoms with E-state index in [-0.39, 0.29) is 34.8 Å². The van der Waals surface area contributed by atoms with Crippen LogP contribution in [-0.2, 0) is 32.3 Å². The molecule has 0 spiro atoms. The van der Waals surface area contributed by atoms with Gasteiger partial charge in [0, 0.05) is 56.5 Å². The molecule has 1 atom stereocenters. The summed E-state index contributed by atoms with van der Waals surface area (Å²) in [6.45, 7) is 0.330. The molecule has 0 unspecified atom stereocenters. The van der Waals surface area contributed by atoms with E-state index < -0.39 is 51.2 Å². The molecule has 16 heteroatoms. The van der Waals surface area contributed by atoms with Gasteiger partial charge in [-0.15, -0.1) is 0 Å². The molecular formula is C32H37ClFN5O8S. The van der Waals surface area contributed by atoms with Gasteiger partial charge in [-0.05, 0) is 49.1 Å². The van der Waals surface area contributed by atoms with Crippen molar-refractivity contribution in [3.63, 3.8) is 0 Å². The molecule has 2 aromatic carbocycles. The van der Waals surface area contributed by atoms with Crippen LogP contribution in [-0.4, -0.2) is 97.8 Å². The standard InChI is InChI=1S/C32H37ClFN5O8S/c1-46-18-22(19-48(3,44)45)39-30(41)25(24-5-4-6-26(34)29(24)33)16-37(32(39)43)17-28(40)36-12-10-21(11-13-36)38-14-9-20-15-23(47-2)7-8-27(20)35-31(38)42/h4-8,15-16,21-22H,9-14,17-19H2,1-3H3,(H,35,42)/t22-/m0/s1. The molecule has 13 nitrogen and oxygen atoms in total. The van der Waals surface area contributed by atoms with Crippen LogP contribution in [0.3, 0.4) is 0 Å². The van der Waals surface area contributed by atoms with Crippen LogP contribution in [0.25, 0.3) is 11.1 Å². The number of halogens is 2. The number of hydrogen-bond acceptors (Lipinski definition) is 8. The summed E-state index contributed by atoms with van der Waals surface area (Å²) in [5.41, 5.74) is -0.351. The Hall–Kier alpha value is -4.21. The van der Waals surface area contributed by atoms with E-state index in [9.17, 15) is 32.0 Å². The predicted octanol–water partition coefficient (Wildman–Crippen LogP) is 2.79. The number of carbonyl (C=O) groups excluding carboxylic acids is 2. The number of rotatable bonds is 10. The van der Waals surface area contributed by atoms with Gasteiger partial charge in [-0.3, -0.25) is 18.7 Å². The molecule has 1 N–H and O–H groups in total. The van der Waals surface area contributed by atoms with Gasteiger partial charge in [0.25, 0.3) is 5.56 Å². The van der Waals surface area contributed by atoms with E-state index in [2.05, 4.69) is 5.32 Å². The number of sulfone groups is 1. The molecule has 0 aliphatic carbocycles. The van der Waals surface area contributed by atoms with Crippen molar-refractivity contribution >= 4 is 39.1 Å². The summed E-state index contributed by atoms with van der Waals surface area (Å²) in [7, 11) is -0.818. The lowest BCUT2D eigenvalue weighted by Crippen LogP contribution is -2.51. The van der Waals surface area contributed by atoms with Crippen LogP contribution in [0.4, 0.5) is 14.9 Å². The molecule has 3 aromatic rings. The number of nitrogens with zero attached hydrogens (tertiary/aromatic N) is 4. The Morgan fingerprint density at radius 3 is 2.48 bits per heavy atom. The number of ether oxygens (including phenoxy) is 2. The quantitative estimate of drug-likeness (QED) is 0.339. The maximum Gasteiger partial charge on any atom is 0.331 e. The zero-order valence-electron chi connectivity index (χ0n) is 26.8. The van der Waals surface area contributed by atoms with Crippen molar-refractivity contribution in [3.8, 4) is 16.9 Å². The smallest absolute Gasteiger partial charge is 0.331 e. The normalized spacial score (nSPS) is 16.2. The maximum absolute atomic E-state index is 14.4. The van der Waals surface area contributed by atoms with Crippen molar-refractivity contribution in [2.45, 2.75) is 37.9 Å². The highest BCUT2D eigenvalue weighted by molar-refractivity contribution is 7.90. The molecule has 3 amide bonds. The van der Waals surface area contributed by atoms with Crippen molar-refractivity contribution in [1.82, 2.24) is 18.9 Å². The van der Waals surface area contributed by atoms with Gasteiger partial charge < -0.3 is 24.6 Å². The Bertz CT molecular complexity index is 1940. The first-order chi connectivity index (χ1) is 22.8. The van der Waals surface area contributed by atoms with Crippen molar-refractivity contribution in [3.05, 3.63) is 79.8 Å². The number of methoxy groups -OCH3 is 2. The summed E-state index contributed by atoms with van der Waals surface area (Å²) < 4.78 is 51.2. The van der Waals surface area contributed by atoms with Gasteiger partial charge in [-0.25, -0.2) is 22.4 Å². The van der Waals surface area contributed by atoms with Gasteiger partial charge >= 0.3 is 11.7 Å². The molecular weight excluding hydrogens is 669 g/mol. The highest BCUT2D eigenvalue weighted by Gasteiger charge is 2.32. The monoisotopic (exact) mass is 705 g/mol. The Labute approximate surface area is 281 Å². The van der Waals surface area contributed by atoms with Gasteiger partial charge in [-0.1, -0.05) is 23.7 Å². The molecule has 0 saturated carbocycles. The van der Waals surface area contributed by atoms with E-state index in [1.54, 1.807) is 23.0 Å². The highest BCUT2D eigenvalue weighted by atomic mass is 35.5. The number of benzene rings is 2. The molecule has 3 heterocycles. The van der Waals surface area contributed by atoms with Crippen LogP contribution in [0.15, 0.2) is 52.2 Å². The maximum atomic E-state index is 14.4. The molecule has 5 rings (SSSR count). The third-order valence-corrected chi connectivity index (χ3v) is 10.0. The summed E-state index contributed by atoms with van der Waals surface area (Å²) in [5.74, 6) is -1.12. The van der Waals surface area contributed by atoms with Crippen LogP contribution >= 0.6 is 11.6 Å². The van der Waals surface area contributed by atoms with Gasteiger partial charge in [0.2, 0.25) is 5.91 Å². The number of urea groups is 1. The number of carbonyl (C=O) groups is 2. The first-order valence-electron chi connectivity index (χ1n) is 15.3. The van der Waals surface area contributed by atoms with Gasteiger partial charge in [0.1, 0.15) is 27.9 Å². The lowest BCUT2D eigenvalue weighted by Gasteiger charge is -2.38. The van der Waals surface area contributed by atoms with E-state index in [0.29, 0.717) is 44.6 Å². The van der Waals surface area contributed by atoms with Crippen LogP contribution in [0.2, 0.25) is 5.02 Å². The lowest BCUT2D eigenvalue weighted by atomic mass is 10.0. The molecule has 0 bridgehead atoms. The Kier molecular flexibility index (Phi) is 10.6. The number of amides is 3. The van der Waals surface area contributed by atoms with E-state index in [1.807, 2.05) is 12.1 Å². The highest BCUT2D eigenvalue weighted by Crippen LogP contribution is 2.29. The average Bonchev–Trinajstić information content (AvgIpc) is 3.20. The minimum absolute atomic E-state index is 0.0238. The van der Waals surface area contributed by atoms with Crippen LogP contribution in [0, 0.1) is 5.82 Å². The third-order valence-electron chi connectivity index (χ3n) is 8.65. The molecule has 258 valence electrons. The summed E-state index contributed by atoms with van der Waals surface area (Å²) >= 11 is 6.21. The van der Waals surface area contributed by atoms with Gasteiger partial charge in [-0.2, -0.15) is 0 Å². The number of aromatic nitrogens is 2. The van der Waals surface area contributed by atoms with E-state index >= 15 is 0 Å². The Morgan fingerprint density at radius 2 is 1.81 bits per heavy atom. The van der Waals surface area contributed by atoms with E-state index in [4.69, 9.17) is 21.1 Å². The lowest BCUT2D eigenvalue weighted by molar-refractivity contribution is -0.133. The number of likely N-dealkylation sites (tertiary alicyclic amines) is 1. The van der Waals surface area contributed by atoms with E-state index in [0.717, 1.165) is 38.9 Å². The van der Waals surface area contributed by atoms with Crippen LogP contribution in [0.1, 0.15) is 24.4 Å². The summed E-state index contributed by atoms with van der Waals surface area (Å²) in [5, 5.41) is 2.60. The fraction of sp³-hybridized carbons (Fsp3) is 0.438. The second-order valence-corrected chi connectivity index (χ2v) is 14.5. The number of piperidine rings is 1. The van der Waals surface area contributed by atoms with Gasteiger partial charge in [0.15, 0.2) is 0 Å². The van der Waals surface area contributed by atoms with E-state index in [1.165, 1.54) is 19.2 Å². The molecule has 1 aromatic heterocycles. The fourth-order valence-electron chi connectivity index (χ4n) is 6.27. The zero-order chi connectivity index (χ0) is 34.7. The molecule has 2 aliphatic rings. The predicted molar refractivity (Wildman–Crippen MR) is 178 cm³/mol. The van der Waals surface area contributed by atoms with Crippen molar-refractivity contribution in [2.24, 2.45) is 0 Å². The van der Waals surface area contributed by atoms with Gasteiger partial charge in [0.05, 0.1) is 36.1 Å². The largest absolute Gasteiger partial charge is 0.497 e. The number of anilines is 1. The van der Waals surface area contributed by atoms with Crippen molar-refractivity contribution < 1.29 is 31.9 Å². The van der Waals surface area contributed by atoms with Crippen molar-refractivity contribution in [1.29, 1.82) is 0 Å². The second-order valence-electron chi connectivity index (χ2n) is 11.9. The van der Waals surface area contributed by atoms with Crippen LogP contribution < -0.4 is 21.3 Å². The first kappa shape index (κ1) is 35.1. The molecule has 2 aliphatic heterocycles. The topological polar surface area (TPSA) is 149 Å². The van der Waals surface area contributed by atoms with Crippen LogP contribution in [0.5, 0.6) is 5.75 Å². The Morgan fingerprint density at radius 1 is 1.08 bits per heavy atom. The zero-order valence-corrected chi connectivity index (χ0v) is 28.4. The van der Waals surface area contributed by atoms with Crippen molar-refractivity contribution in [2.75, 3.05) is 57.8 Å². The molecule has 1 fully saturated rings. The summed E-state index contributed by atoms with van der Waals surface area (Å²) in [6, 6.07) is 7.76. The fourth-order valence-corrected chi connectivity index (χ4v) is 7.44. The third kappa shape index (κ3) is 7.58. The number of hydrogen-bond donors (Lipinski definition) is 1. The minimum Gasteiger partial charge on any atom is -0.497 e. The second kappa shape index (κ2) is 14.5. The minimum atomic E-state index is -3.70. The first-order valence-corrected chi connectivity index (χ1v) is 17.7. The number of nitrogens with one attached hydrogen (secondary N) is 1. The summed E-state index contributed by atoms with van der Waals surface area (Å²) in [4.78, 5) is 57.5. The average molecular weight is 706 g/mol. The molecule has 48 heavy (non-hydrogen) atoms. The SMILES string of the molecule is COC[C@@H](CS(C)(=O)=O)n1c(=O)c(-c2cccc(F)c2Cl)cn(CC(=O)N2CCC(N3CCc4cc(OC)ccc4NC3=O)CC2)c1=O. The Balaban J connectivity index is 1.38. The number of fused-ring (bicyclic) bond motifs is 1. The summed E-state index contributed by atoms with van der Waals surface area (Å²) in [6.07, 6.45) is 3.74. The molecule has 1 saturated heterocycles.